The first-order chi connectivity index (χ1) is 9.25. The molecular formula is C13H20F3NO3. The molecule has 0 heterocycles. The molecule has 0 bridgehead atoms. The Bertz CT molecular complexity index is 349. The first kappa shape index (κ1) is 16.8. The Kier molecular flexibility index (Phi) is 5.83. The zero-order valence-electron chi connectivity index (χ0n) is 11.3. The summed E-state index contributed by atoms with van der Waals surface area (Å²) >= 11 is 0. The van der Waals surface area contributed by atoms with Gasteiger partial charge in [0.25, 0.3) is 0 Å². The van der Waals surface area contributed by atoms with E-state index in [1.807, 2.05) is 0 Å². The van der Waals surface area contributed by atoms with Crippen molar-refractivity contribution in [2.75, 3.05) is 6.54 Å². The molecule has 1 aliphatic carbocycles. The molecule has 2 N–H and O–H groups in total. The van der Waals surface area contributed by atoms with Crippen molar-refractivity contribution >= 4 is 11.9 Å². The van der Waals surface area contributed by atoms with E-state index in [4.69, 9.17) is 0 Å². The summed E-state index contributed by atoms with van der Waals surface area (Å²) in [5.41, 5.74) is -1.04. The molecule has 0 aromatic rings. The molecule has 116 valence electrons. The van der Waals surface area contributed by atoms with Crippen molar-refractivity contribution in [3.63, 3.8) is 0 Å². The Labute approximate surface area is 115 Å². The summed E-state index contributed by atoms with van der Waals surface area (Å²) in [5, 5.41) is 11.7. The zero-order chi connectivity index (χ0) is 15.2. The van der Waals surface area contributed by atoms with E-state index in [2.05, 4.69) is 5.32 Å². The predicted octanol–water partition coefficient (Wildman–Crippen LogP) is 2.87. The Morgan fingerprint density at radius 1 is 1.15 bits per heavy atom. The lowest BCUT2D eigenvalue weighted by molar-refractivity contribution is -0.154. The number of hydrogen-bond donors (Lipinski definition) is 2. The van der Waals surface area contributed by atoms with Crippen LogP contribution in [-0.4, -0.2) is 29.7 Å². The van der Waals surface area contributed by atoms with E-state index in [0.717, 1.165) is 19.3 Å². The standard InChI is InChI=1S/C13H20F3NO3/c14-13(15,16)7-4-8-17-10(18)9-12(11(19)20)5-2-1-3-6-12/h1-9H2,(H,17,18)(H,19,20). The van der Waals surface area contributed by atoms with Crippen LogP contribution in [0.1, 0.15) is 51.4 Å². The summed E-state index contributed by atoms with van der Waals surface area (Å²) in [6.07, 6.45) is -2.09. The Morgan fingerprint density at radius 2 is 1.75 bits per heavy atom. The van der Waals surface area contributed by atoms with Gasteiger partial charge in [-0.2, -0.15) is 13.2 Å². The average Bonchev–Trinajstić information content (AvgIpc) is 2.34. The van der Waals surface area contributed by atoms with Crippen molar-refractivity contribution in [3.05, 3.63) is 0 Å². The largest absolute Gasteiger partial charge is 0.481 e. The number of carboxylic acid groups (broad SMARTS) is 1. The van der Waals surface area contributed by atoms with Gasteiger partial charge in [-0.3, -0.25) is 9.59 Å². The van der Waals surface area contributed by atoms with E-state index >= 15 is 0 Å². The highest BCUT2D eigenvalue weighted by molar-refractivity contribution is 5.85. The molecule has 1 fully saturated rings. The van der Waals surface area contributed by atoms with Crippen LogP contribution in [0.3, 0.4) is 0 Å². The Morgan fingerprint density at radius 3 is 2.25 bits per heavy atom. The molecule has 0 spiro atoms. The molecule has 0 atom stereocenters. The van der Waals surface area contributed by atoms with Crippen LogP contribution in [-0.2, 0) is 9.59 Å². The maximum atomic E-state index is 11.9. The van der Waals surface area contributed by atoms with Gasteiger partial charge in [-0.1, -0.05) is 19.3 Å². The molecule has 1 saturated carbocycles. The van der Waals surface area contributed by atoms with Gasteiger partial charge >= 0.3 is 12.1 Å². The van der Waals surface area contributed by atoms with Gasteiger partial charge in [0, 0.05) is 19.4 Å². The normalized spacial score (nSPS) is 18.6. The van der Waals surface area contributed by atoms with Crippen LogP contribution in [0.5, 0.6) is 0 Å². The molecule has 0 aliphatic heterocycles. The fourth-order valence-corrected chi connectivity index (χ4v) is 2.58. The number of hydrogen-bond acceptors (Lipinski definition) is 2. The van der Waals surface area contributed by atoms with Gasteiger partial charge in [0.2, 0.25) is 5.91 Å². The third-order valence-electron chi connectivity index (χ3n) is 3.72. The quantitative estimate of drug-likeness (QED) is 0.740. The minimum atomic E-state index is -4.23. The van der Waals surface area contributed by atoms with E-state index in [0.29, 0.717) is 12.8 Å². The van der Waals surface area contributed by atoms with Crippen molar-refractivity contribution in [1.82, 2.24) is 5.32 Å². The summed E-state index contributed by atoms with van der Waals surface area (Å²) in [5.74, 6) is -1.46. The third kappa shape index (κ3) is 5.38. The lowest BCUT2D eigenvalue weighted by Crippen LogP contribution is -2.39. The highest BCUT2D eigenvalue weighted by Gasteiger charge is 2.41. The molecular weight excluding hydrogens is 275 g/mol. The van der Waals surface area contributed by atoms with Crippen LogP contribution in [0.15, 0.2) is 0 Å². The van der Waals surface area contributed by atoms with Crippen LogP contribution in [0.25, 0.3) is 0 Å². The summed E-state index contributed by atoms with van der Waals surface area (Å²) in [7, 11) is 0. The van der Waals surface area contributed by atoms with Gasteiger partial charge in [0.15, 0.2) is 0 Å². The van der Waals surface area contributed by atoms with E-state index < -0.39 is 29.9 Å². The number of carbonyl (C=O) groups excluding carboxylic acids is 1. The maximum absolute atomic E-state index is 11.9. The molecule has 1 amide bonds. The number of halogens is 3. The first-order valence-electron chi connectivity index (χ1n) is 6.82. The zero-order valence-corrected chi connectivity index (χ0v) is 11.3. The van der Waals surface area contributed by atoms with E-state index in [-0.39, 0.29) is 19.4 Å². The van der Waals surface area contributed by atoms with Crippen molar-refractivity contribution in [3.8, 4) is 0 Å². The number of rotatable bonds is 6. The van der Waals surface area contributed by atoms with Crippen LogP contribution >= 0.6 is 0 Å². The van der Waals surface area contributed by atoms with Gasteiger partial charge in [0.1, 0.15) is 0 Å². The predicted molar refractivity (Wildman–Crippen MR) is 66.1 cm³/mol. The van der Waals surface area contributed by atoms with E-state index in [9.17, 15) is 27.9 Å². The van der Waals surface area contributed by atoms with Gasteiger partial charge in [-0.15, -0.1) is 0 Å². The van der Waals surface area contributed by atoms with Crippen LogP contribution in [0, 0.1) is 5.41 Å². The molecule has 0 unspecified atom stereocenters. The fourth-order valence-electron chi connectivity index (χ4n) is 2.58. The molecule has 1 aliphatic rings. The molecule has 0 aromatic carbocycles. The first-order valence-corrected chi connectivity index (χ1v) is 6.82. The number of carbonyl (C=O) groups is 2. The number of aliphatic carboxylic acids is 1. The van der Waals surface area contributed by atoms with Crippen LogP contribution in [0.4, 0.5) is 13.2 Å². The Hall–Kier alpha value is -1.27. The summed E-state index contributed by atoms with van der Waals surface area (Å²) in [6, 6.07) is 0. The number of amides is 1. The van der Waals surface area contributed by atoms with Crippen molar-refractivity contribution < 1.29 is 27.9 Å². The summed E-state index contributed by atoms with van der Waals surface area (Å²) in [6.45, 7) is -0.0754. The smallest absolute Gasteiger partial charge is 0.389 e. The third-order valence-corrected chi connectivity index (χ3v) is 3.72. The number of alkyl halides is 3. The van der Waals surface area contributed by atoms with E-state index in [1.165, 1.54) is 0 Å². The van der Waals surface area contributed by atoms with Crippen LogP contribution in [0.2, 0.25) is 0 Å². The number of carboxylic acids is 1. The SMILES string of the molecule is O=C(CC1(C(=O)O)CCCCC1)NCCCC(F)(F)F. The lowest BCUT2D eigenvalue weighted by atomic mass is 9.71. The number of nitrogens with one attached hydrogen (secondary N) is 1. The molecule has 7 heteroatoms. The monoisotopic (exact) mass is 295 g/mol. The van der Waals surface area contributed by atoms with Gasteiger partial charge in [-0.05, 0) is 19.3 Å². The second kappa shape index (κ2) is 6.95. The molecule has 0 aromatic heterocycles. The van der Waals surface area contributed by atoms with Gasteiger partial charge in [-0.25, -0.2) is 0 Å². The van der Waals surface area contributed by atoms with E-state index in [1.54, 1.807) is 0 Å². The molecule has 20 heavy (non-hydrogen) atoms. The summed E-state index contributed by atoms with van der Waals surface area (Å²) < 4.78 is 35.8. The molecule has 0 saturated heterocycles. The average molecular weight is 295 g/mol. The van der Waals surface area contributed by atoms with Crippen LogP contribution < -0.4 is 5.32 Å². The van der Waals surface area contributed by atoms with Crippen molar-refractivity contribution in [2.45, 2.75) is 57.5 Å². The molecule has 4 nitrogen and oxygen atoms in total. The highest BCUT2D eigenvalue weighted by Crippen LogP contribution is 2.39. The minimum absolute atomic E-state index is 0.0754. The minimum Gasteiger partial charge on any atom is -0.481 e. The topological polar surface area (TPSA) is 66.4 Å². The second-order valence-corrected chi connectivity index (χ2v) is 5.39. The van der Waals surface area contributed by atoms with Crippen molar-refractivity contribution in [1.29, 1.82) is 0 Å². The molecule has 1 rings (SSSR count). The lowest BCUT2D eigenvalue weighted by Gasteiger charge is -2.32. The molecule has 0 radical (unpaired) electrons. The van der Waals surface area contributed by atoms with Gasteiger partial charge in [0.05, 0.1) is 5.41 Å². The Balaban J connectivity index is 2.37. The highest BCUT2D eigenvalue weighted by atomic mass is 19.4. The maximum Gasteiger partial charge on any atom is 0.389 e. The van der Waals surface area contributed by atoms with Gasteiger partial charge < -0.3 is 10.4 Å². The van der Waals surface area contributed by atoms with Crippen molar-refractivity contribution in [2.24, 2.45) is 5.41 Å². The second-order valence-electron chi connectivity index (χ2n) is 5.39. The summed E-state index contributed by atoms with van der Waals surface area (Å²) in [4.78, 5) is 23.0. The fraction of sp³-hybridized carbons (Fsp3) is 0.846.